The highest BCUT2D eigenvalue weighted by molar-refractivity contribution is 5.72. The standard InChI is InChI=1S/C13H17N5O/c1-10(19)15-7-11-2-4-18(5-3-11)13-9-16-12(6-14)8-17-13/h8-9,11H,2-5,7H2,1H3,(H,15,19). The Balaban J connectivity index is 1.85. The summed E-state index contributed by atoms with van der Waals surface area (Å²) in [6.07, 6.45) is 5.20. The predicted octanol–water partition coefficient (Wildman–Crippen LogP) is 0.701. The fraction of sp³-hybridized carbons (Fsp3) is 0.538. The van der Waals surface area contributed by atoms with Crippen molar-refractivity contribution in [3.05, 3.63) is 18.1 Å². The molecule has 0 unspecified atom stereocenters. The molecule has 0 aliphatic carbocycles. The van der Waals surface area contributed by atoms with Crippen LogP contribution in [0.15, 0.2) is 12.4 Å². The third-order valence-corrected chi connectivity index (χ3v) is 3.33. The number of piperidine rings is 1. The van der Waals surface area contributed by atoms with E-state index in [0.717, 1.165) is 38.3 Å². The van der Waals surface area contributed by atoms with Gasteiger partial charge < -0.3 is 10.2 Å². The molecule has 100 valence electrons. The van der Waals surface area contributed by atoms with E-state index in [1.54, 1.807) is 13.1 Å². The van der Waals surface area contributed by atoms with Gasteiger partial charge in [-0.25, -0.2) is 9.97 Å². The van der Waals surface area contributed by atoms with Crippen LogP contribution in [0.25, 0.3) is 0 Å². The minimum absolute atomic E-state index is 0.0281. The molecule has 1 aromatic heterocycles. The molecular weight excluding hydrogens is 242 g/mol. The zero-order chi connectivity index (χ0) is 13.7. The van der Waals surface area contributed by atoms with Gasteiger partial charge in [0.25, 0.3) is 0 Å². The van der Waals surface area contributed by atoms with E-state index < -0.39 is 0 Å². The molecule has 1 N–H and O–H groups in total. The van der Waals surface area contributed by atoms with Crippen LogP contribution in [0, 0.1) is 17.2 Å². The number of hydrogen-bond acceptors (Lipinski definition) is 5. The molecule has 1 amide bonds. The molecular formula is C13H17N5O. The quantitative estimate of drug-likeness (QED) is 0.864. The number of carbonyl (C=O) groups excluding carboxylic acids is 1. The van der Waals surface area contributed by atoms with Crippen LogP contribution < -0.4 is 10.2 Å². The largest absolute Gasteiger partial charge is 0.356 e. The van der Waals surface area contributed by atoms with Gasteiger partial charge in [-0.05, 0) is 18.8 Å². The van der Waals surface area contributed by atoms with Gasteiger partial charge in [-0.2, -0.15) is 5.26 Å². The second kappa shape index (κ2) is 6.14. The molecule has 2 rings (SSSR count). The van der Waals surface area contributed by atoms with Crippen molar-refractivity contribution in [2.75, 3.05) is 24.5 Å². The SMILES string of the molecule is CC(=O)NCC1CCN(c2cnc(C#N)cn2)CC1. The number of rotatable bonds is 3. The average Bonchev–Trinajstić information content (AvgIpc) is 2.46. The van der Waals surface area contributed by atoms with Gasteiger partial charge in [0.05, 0.1) is 12.4 Å². The first-order valence-electron chi connectivity index (χ1n) is 6.40. The van der Waals surface area contributed by atoms with Crippen molar-refractivity contribution >= 4 is 11.7 Å². The molecule has 6 nitrogen and oxygen atoms in total. The number of aromatic nitrogens is 2. The van der Waals surface area contributed by atoms with Crippen molar-refractivity contribution in [2.24, 2.45) is 5.92 Å². The Hall–Kier alpha value is -2.16. The number of nitrogens with zero attached hydrogens (tertiary/aromatic N) is 4. The summed E-state index contributed by atoms with van der Waals surface area (Å²) in [5.74, 6) is 1.38. The number of carbonyl (C=O) groups is 1. The van der Waals surface area contributed by atoms with Crippen LogP contribution in [0.4, 0.5) is 5.82 Å². The molecule has 19 heavy (non-hydrogen) atoms. The van der Waals surface area contributed by atoms with E-state index in [4.69, 9.17) is 5.26 Å². The molecule has 1 aromatic rings. The van der Waals surface area contributed by atoms with Gasteiger partial charge in [0.15, 0.2) is 5.69 Å². The Morgan fingerprint density at radius 2 is 2.21 bits per heavy atom. The van der Waals surface area contributed by atoms with Crippen molar-refractivity contribution in [1.29, 1.82) is 5.26 Å². The van der Waals surface area contributed by atoms with E-state index in [0.29, 0.717) is 11.6 Å². The van der Waals surface area contributed by atoms with Crippen molar-refractivity contribution < 1.29 is 4.79 Å². The summed E-state index contributed by atoms with van der Waals surface area (Å²) in [5, 5.41) is 11.5. The lowest BCUT2D eigenvalue weighted by Crippen LogP contribution is -2.38. The molecule has 0 bridgehead atoms. The molecule has 1 saturated heterocycles. The van der Waals surface area contributed by atoms with Crippen LogP contribution in [0.5, 0.6) is 0 Å². The number of nitriles is 1. The highest BCUT2D eigenvalue weighted by Crippen LogP contribution is 2.20. The number of hydrogen-bond donors (Lipinski definition) is 1. The van der Waals surface area contributed by atoms with Gasteiger partial charge >= 0.3 is 0 Å². The highest BCUT2D eigenvalue weighted by Gasteiger charge is 2.20. The Morgan fingerprint density at radius 1 is 1.47 bits per heavy atom. The van der Waals surface area contributed by atoms with Crippen molar-refractivity contribution in [2.45, 2.75) is 19.8 Å². The highest BCUT2D eigenvalue weighted by atomic mass is 16.1. The molecule has 0 aromatic carbocycles. The van der Waals surface area contributed by atoms with Gasteiger partial charge in [-0.3, -0.25) is 4.79 Å². The molecule has 6 heteroatoms. The first-order valence-corrected chi connectivity index (χ1v) is 6.40. The first-order chi connectivity index (χ1) is 9.19. The fourth-order valence-electron chi connectivity index (χ4n) is 2.20. The summed E-state index contributed by atoms with van der Waals surface area (Å²) in [5.41, 5.74) is 0.337. The zero-order valence-corrected chi connectivity index (χ0v) is 11.0. The summed E-state index contributed by atoms with van der Waals surface area (Å²) < 4.78 is 0. The molecule has 1 fully saturated rings. The summed E-state index contributed by atoms with van der Waals surface area (Å²) >= 11 is 0. The van der Waals surface area contributed by atoms with Gasteiger partial charge in [-0.15, -0.1) is 0 Å². The second-order valence-electron chi connectivity index (χ2n) is 4.74. The minimum Gasteiger partial charge on any atom is -0.356 e. The maximum absolute atomic E-state index is 10.9. The number of anilines is 1. The molecule has 0 spiro atoms. The Labute approximate surface area is 112 Å². The molecule has 2 heterocycles. The predicted molar refractivity (Wildman–Crippen MR) is 70.4 cm³/mol. The van der Waals surface area contributed by atoms with E-state index in [-0.39, 0.29) is 5.91 Å². The number of amides is 1. The van der Waals surface area contributed by atoms with Crippen LogP contribution in [0.1, 0.15) is 25.5 Å². The summed E-state index contributed by atoms with van der Waals surface area (Å²) in [7, 11) is 0. The monoisotopic (exact) mass is 259 g/mol. The molecule has 1 aliphatic heterocycles. The summed E-state index contributed by atoms with van der Waals surface area (Å²) in [6, 6.07) is 1.96. The van der Waals surface area contributed by atoms with Crippen molar-refractivity contribution in [3.63, 3.8) is 0 Å². The molecule has 0 saturated carbocycles. The maximum Gasteiger partial charge on any atom is 0.216 e. The third kappa shape index (κ3) is 3.65. The second-order valence-corrected chi connectivity index (χ2v) is 4.74. The van der Waals surface area contributed by atoms with E-state index in [2.05, 4.69) is 20.2 Å². The van der Waals surface area contributed by atoms with Crippen LogP contribution in [-0.4, -0.2) is 35.5 Å². The van der Waals surface area contributed by atoms with Crippen molar-refractivity contribution in [3.8, 4) is 6.07 Å². The average molecular weight is 259 g/mol. The first kappa shape index (κ1) is 13.3. The molecule has 0 radical (unpaired) electrons. The maximum atomic E-state index is 10.9. The zero-order valence-electron chi connectivity index (χ0n) is 11.0. The Bertz CT molecular complexity index is 471. The van der Waals surface area contributed by atoms with E-state index in [1.165, 1.54) is 6.20 Å². The lowest BCUT2D eigenvalue weighted by molar-refractivity contribution is -0.119. The summed E-state index contributed by atoms with van der Waals surface area (Å²) in [6.45, 7) is 4.11. The normalized spacial score (nSPS) is 15.9. The summed E-state index contributed by atoms with van der Waals surface area (Å²) in [4.78, 5) is 21.3. The number of nitrogens with one attached hydrogen (secondary N) is 1. The Morgan fingerprint density at radius 3 is 2.74 bits per heavy atom. The van der Waals surface area contributed by atoms with Gasteiger partial charge in [0.2, 0.25) is 5.91 Å². The molecule has 1 aliphatic rings. The van der Waals surface area contributed by atoms with E-state index >= 15 is 0 Å². The van der Waals surface area contributed by atoms with Crippen molar-refractivity contribution in [1.82, 2.24) is 15.3 Å². The van der Waals surface area contributed by atoms with E-state index in [9.17, 15) is 4.79 Å². The Kier molecular flexibility index (Phi) is 4.29. The topological polar surface area (TPSA) is 81.9 Å². The molecule has 0 atom stereocenters. The smallest absolute Gasteiger partial charge is 0.216 e. The van der Waals surface area contributed by atoms with Gasteiger partial charge in [0.1, 0.15) is 11.9 Å². The van der Waals surface area contributed by atoms with E-state index in [1.807, 2.05) is 6.07 Å². The lowest BCUT2D eigenvalue weighted by atomic mass is 9.97. The van der Waals surface area contributed by atoms with Crippen LogP contribution >= 0.6 is 0 Å². The van der Waals surface area contributed by atoms with Crippen LogP contribution in [-0.2, 0) is 4.79 Å². The van der Waals surface area contributed by atoms with Crippen LogP contribution in [0.2, 0.25) is 0 Å². The van der Waals surface area contributed by atoms with Gasteiger partial charge in [0, 0.05) is 26.6 Å². The van der Waals surface area contributed by atoms with Crippen LogP contribution in [0.3, 0.4) is 0 Å². The fourth-order valence-corrected chi connectivity index (χ4v) is 2.20. The minimum atomic E-state index is 0.0281. The van der Waals surface area contributed by atoms with Gasteiger partial charge in [-0.1, -0.05) is 0 Å². The third-order valence-electron chi connectivity index (χ3n) is 3.33. The lowest BCUT2D eigenvalue weighted by Gasteiger charge is -2.32.